The van der Waals surface area contributed by atoms with Gasteiger partial charge in [-0.1, -0.05) is 19.1 Å². The minimum atomic E-state index is -0.227. The fourth-order valence-electron chi connectivity index (χ4n) is 2.34. The first-order valence-corrected chi connectivity index (χ1v) is 8.39. The number of amides is 3. The molecular formula is C19H22N4O3. The van der Waals surface area contributed by atoms with E-state index >= 15 is 0 Å². The summed E-state index contributed by atoms with van der Waals surface area (Å²) in [6, 6.07) is 10.3. The number of nitrogens with zero attached hydrogens (tertiary/aromatic N) is 1. The molecule has 0 spiro atoms. The highest BCUT2D eigenvalue weighted by Crippen LogP contribution is 2.21. The van der Waals surface area contributed by atoms with Crippen molar-refractivity contribution < 1.29 is 14.4 Å². The third-order valence-electron chi connectivity index (χ3n) is 3.75. The maximum Gasteiger partial charge on any atom is 0.253 e. The molecule has 0 fully saturated rings. The summed E-state index contributed by atoms with van der Waals surface area (Å²) in [4.78, 5) is 39.5. The van der Waals surface area contributed by atoms with Crippen LogP contribution in [0, 0.1) is 0 Å². The summed E-state index contributed by atoms with van der Waals surface area (Å²) in [5.74, 6) is -0.496. The van der Waals surface area contributed by atoms with Crippen molar-refractivity contribution in [2.45, 2.75) is 13.3 Å². The normalized spacial score (nSPS) is 10.1. The van der Waals surface area contributed by atoms with Gasteiger partial charge in [0, 0.05) is 43.9 Å². The fourth-order valence-corrected chi connectivity index (χ4v) is 2.34. The molecule has 0 unspecified atom stereocenters. The topological polar surface area (TPSA) is 100 Å². The maximum absolute atomic E-state index is 12.1. The Morgan fingerprint density at radius 3 is 2.31 bits per heavy atom. The number of carbonyl (C=O) groups is 3. The number of nitrogens with one attached hydrogen (secondary N) is 3. The van der Waals surface area contributed by atoms with Crippen molar-refractivity contribution in [3.63, 3.8) is 0 Å². The number of aromatic nitrogens is 1. The minimum absolute atomic E-state index is 0.0501. The van der Waals surface area contributed by atoms with Gasteiger partial charge in [0.15, 0.2) is 0 Å². The van der Waals surface area contributed by atoms with Crippen molar-refractivity contribution in [3.05, 3.63) is 53.7 Å². The van der Waals surface area contributed by atoms with Gasteiger partial charge in [0.05, 0.1) is 11.3 Å². The predicted molar refractivity (Wildman–Crippen MR) is 98.7 cm³/mol. The Bertz CT molecular complexity index is 788. The molecule has 0 atom stereocenters. The highest BCUT2D eigenvalue weighted by molar-refractivity contribution is 6.00. The second kappa shape index (κ2) is 9.31. The highest BCUT2D eigenvalue weighted by atomic mass is 16.2. The Morgan fingerprint density at radius 2 is 1.65 bits per heavy atom. The molecule has 0 radical (unpaired) electrons. The van der Waals surface area contributed by atoms with Crippen molar-refractivity contribution in [1.29, 1.82) is 0 Å². The van der Waals surface area contributed by atoms with Crippen molar-refractivity contribution >= 4 is 17.7 Å². The van der Waals surface area contributed by atoms with Crippen LogP contribution in [0.2, 0.25) is 0 Å². The van der Waals surface area contributed by atoms with Crippen molar-refractivity contribution in [1.82, 2.24) is 20.9 Å². The van der Waals surface area contributed by atoms with Gasteiger partial charge in [-0.15, -0.1) is 0 Å². The maximum atomic E-state index is 12.1. The molecule has 2 aromatic rings. The van der Waals surface area contributed by atoms with E-state index in [0.717, 1.165) is 5.56 Å². The standard InChI is InChI=1S/C19H22N4O3/c1-3-16(24)21-11-12-23-18(25)14-8-6-13(7-9-14)17-15(19(26)20-2)5-4-10-22-17/h4-10H,3,11-12H2,1-2H3,(H,20,26)(H,21,24)(H,23,25). The summed E-state index contributed by atoms with van der Waals surface area (Å²) >= 11 is 0. The zero-order valence-corrected chi connectivity index (χ0v) is 14.8. The van der Waals surface area contributed by atoms with Gasteiger partial charge in [-0.25, -0.2) is 0 Å². The van der Waals surface area contributed by atoms with E-state index in [1.54, 1.807) is 56.6 Å². The second-order valence-corrected chi connectivity index (χ2v) is 5.52. The molecule has 26 heavy (non-hydrogen) atoms. The van der Waals surface area contributed by atoms with E-state index in [-0.39, 0.29) is 17.7 Å². The molecule has 0 aliphatic heterocycles. The first kappa shape index (κ1) is 19.1. The lowest BCUT2D eigenvalue weighted by Crippen LogP contribution is -2.34. The van der Waals surface area contributed by atoms with Gasteiger partial charge in [0.25, 0.3) is 11.8 Å². The molecule has 0 bridgehead atoms. The summed E-state index contributed by atoms with van der Waals surface area (Å²) in [5.41, 5.74) is 2.27. The molecule has 7 heteroatoms. The molecule has 1 heterocycles. The van der Waals surface area contributed by atoms with Gasteiger partial charge in [0.2, 0.25) is 5.91 Å². The van der Waals surface area contributed by atoms with Gasteiger partial charge in [-0.05, 0) is 24.3 Å². The van der Waals surface area contributed by atoms with Crippen LogP contribution in [0.4, 0.5) is 0 Å². The minimum Gasteiger partial charge on any atom is -0.355 e. The van der Waals surface area contributed by atoms with E-state index in [0.29, 0.717) is 36.3 Å². The SMILES string of the molecule is CCC(=O)NCCNC(=O)c1ccc(-c2ncccc2C(=O)NC)cc1. The van der Waals surface area contributed by atoms with E-state index in [1.807, 2.05) is 0 Å². The van der Waals surface area contributed by atoms with Crippen LogP contribution >= 0.6 is 0 Å². The molecule has 2 rings (SSSR count). The Morgan fingerprint density at radius 1 is 0.962 bits per heavy atom. The van der Waals surface area contributed by atoms with Gasteiger partial charge < -0.3 is 16.0 Å². The van der Waals surface area contributed by atoms with Crippen molar-refractivity contribution in [3.8, 4) is 11.3 Å². The molecular weight excluding hydrogens is 332 g/mol. The number of hydrogen-bond acceptors (Lipinski definition) is 4. The molecule has 1 aromatic carbocycles. The molecule has 3 N–H and O–H groups in total. The molecule has 0 aliphatic carbocycles. The molecule has 3 amide bonds. The summed E-state index contributed by atoms with van der Waals surface area (Å²) < 4.78 is 0. The smallest absolute Gasteiger partial charge is 0.253 e. The van der Waals surface area contributed by atoms with E-state index in [1.165, 1.54) is 0 Å². The largest absolute Gasteiger partial charge is 0.355 e. The van der Waals surface area contributed by atoms with Crippen LogP contribution in [0.25, 0.3) is 11.3 Å². The summed E-state index contributed by atoms with van der Waals surface area (Å²) in [6.45, 7) is 2.51. The summed E-state index contributed by atoms with van der Waals surface area (Å²) in [6.07, 6.45) is 2.04. The van der Waals surface area contributed by atoms with E-state index in [4.69, 9.17) is 0 Å². The molecule has 136 valence electrons. The highest BCUT2D eigenvalue weighted by Gasteiger charge is 2.13. The first-order valence-electron chi connectivity index (χ1n) is 8.39. The average molecular weight is 354 g/mol. The average Bonchev–Trinajstić information content (AvgIpc) is 2.70. The molecule has 0 saturated carbocycles. The third kappa shape index (κ3) is 4.89. The molecule has 7 nitrogen and oxygen atoms in total. The molecule has 0 aliphatic rings. The summed E-state index contributed by atoms with van der Waals surface area (Å²) in [5, 5.41) is 8.02. The van der Waals surface area contributed by atoms with E-state index in [9.17, 15) is 14.4 Å². The van der Waals surface area contributed by atoms with Gasteiger partial charge in [-0.3, -0.25) is 19.4 Å². The Hall–Kier alpha value is -3.22. The number of pyridine rings is 1. The van der Waals surface area contributed by atoms with Gasteiger partial charge in [0.1, 0.15) is 0 Å². The van der Waals surface area contributed by atoms with Crippen LogP contribution in [0.1, 0.15) is 34.1 Å². The van der Waals surface area contributed by atoms with Crippen LogP contribution in [0.15, 0.2) is 42.6 Å². The third-order valence-corrected chi connectivity index (χ3v) is 3.75. The number of carbonyl (C=O) groups excluding carboxylic acids is 3. The van der Waals surface area contributed by atoms with Crippen molar-refractivity contribution in [2.75, 3.05) is 20.1 Å². The number of rotatable bonds is 7. The van der Waals surface area contributed by atoms with Crippen LogP contribution < -0.4 is 16.0 Å². The fraction of sp³-hybridized carbons (Fsp3) is 0.263. The lowest BCUT2D eigenvalue weighted by Gasteiger charge is -2.09. The van der Waals surface area contributed by atoms with Crippen LogP contribution in [0.5, 0.6) is 0 Å². The van der Waals surface area contributed by atoms with Gasteiger partial charge >= 0.3 is 0 Å². The van der Waals surface area contributed by atoms with Crippen molar-refractivity contribution in [2.24, 2.45) is 0 Å². The Labute approximate surface area is 152 Å². The lowest BCUT2D eigenvalue weighted by atomic mass is 10.0. The lowest BCUT2D eigenvalue weighted by molar-refractivity contribution is -0.120. The van der Waals surface area contributed by atoms with Gasteiger partial charge in [-0.2, -0.15) is 0 Å². The molecule has 0 saturated heterocycles. The van der Waals surface area contributed by atoms with Crippen LogP contribution in [-0.4, -0.2) is 42.8 Å². The number of hydrogen-bond donors (Lipinski definition) is 3. The second-order valence-electron chi connectivity index (χ2n) is 5.52. The van der Waals surface area contributed by atoms with Crippen LogP contribution in [0.3, 0.4) is 0 Å². The zero-order valence-electron chi connectivity index (χ0n) is 14.8. The first-order chi connectivity index (χ1) is 12.6. The zero-order chi connectivity index (χ0) is 18.9. The number of benzene rings is 1. The van der Waals surface area contributed by atoms with E-state index < -0.39 is 0 Å². The van der Waals surface area contributed by atoms with E-state index in [2.05, 4.69) is 20.9 Å². The quantitative estimate of drug-likeness (QED) is 0.654. The summed E-state index contributed by atoms with van der Waals surface area (Å²) in [7, 11) is 1.56. The Balaban J connectivity index is 2.03. The monoisotopic (exact) mass is 354 g/mol. The Kier molecular flexibility index (Phi) is 6.84. The molecule has 1 aromatic heterocycles. The predicted octanol–water partition coefficient (Wildman–Crippen LogP) is 1.36. The van der Waals surface area contributed by atoms with Crippen LogP contribution in [-0.2, 0) is 4.79 Å².